The van der Waals surface area contributed by atoms with Gasteiger partial charge in [-0.15, -0.1) is 0 Å². The Labute approximate surface area is 71.2 Å². The van der Waals surface area contributed by atoms with Crippen LogP contribution in [0.25, 0.3) is 0 Å². The molecular formula is C10H21N. The first-order valence-corrected chi connectivity index (χ1v) is 4.34. The second kappa shape index (κ2) is 12.0. The molecule has 0 aliphatic heterocycles. The van der Waals surface area contributed by atoms with Crippen LogP contribution in [0, 0.1) is 0 Å². The van der Waals surface area contributed by atoms with Gasteiger partial charge < -0.3 is 5.32 Å². The Bertz CT molecular complexity index is 106. The van der Waals surface area contributed by atoms with Crippen molar-refractivity contribution in [2.45, 2.75) is 34.1 Å². The second-order valence-electron chi connectivity index (χ2n) is 1.82. The summed E-state index contributed by atoms with van der Waals surface area (Å²) in [6, 6.07) is 0. The Kier molecular flexibility index (Phi) is 14.1. The third kappa shape index (κ3) is 9.28. The van der Waals surface area contributed by atoms with Crippen molar-refractivity contribution in [3.63, 3.8) is 0 Å². The van der Waals surface area contributed by atoms with Crippen molar-refractivity contribution < 1.29 is 0 Å². The Hall–Kier alpha value is -0.720. The van der Waals surface area contributed by atoms with Crippen LogP contribution in [-0.2, 0) is 0 Å². The van der Waals surface area contributed by atoms with E-state index >= 15 is 0 Å². The van der Waals surface area contributed by atoms with E-state index in [1.54, 1.807) is 0 Å². The first-order valence-electron chi connectivity index (χ1n) is 4.34. The minimum Gasteiger partial charge on any atom is -0.391 e. The molecule has 0 saturated carbocycles. The van der Waals surface area contributed by atoms with E-state index in [1.165, 1.54) is 5.70 Å². The fourth-order valence-corrected chi connectivity index (χ4v) is 0.590. The molecule has 0 fully saturated rings. The van der Waals surface area contributed by atoms with E-state index in [0.717, 1.165) is 6.42 Å². The number of allylic oxidation sites excluding steroid dienone is 4. The van der Waals surface area contributed by atoms with Gasteiger partial charge in [-0.2, -0.15) is 0 Å². The molecule has 0 bridgehead atoms. The highest BCUT2D eigenvalue weighted by molar-refractivity contribution is 5.09. The lowest BCUT2D eigenvalue weighted by Gasteiger charge is -1.98. The molecule has 0 aliphatic rings. The molecule has 11 heavy (non-hydrogen) atoms. The van der Waals surface area contributed by atoms with Crippen molar-refractivity contribution in [2.75, 3.05) is 7.05 Å². The second-order valence-corrected chi connectivity index (χ2v) is 1.82. The summed E-state index contributed by atoms with van der Waals surface area (Å²) in [5.74, 6) is 0. The number of rotatable bonds is 3. The fraction of sp³-hybridized carbons (Fsp3) is 0.600. The van der Waals surface area contributed by atoms with Crippen molar-refractivity contribution in [1.29, 1.82) is 0 Å². The molecular weight excluding hydrogens is 134 g/mol. The maximum atomic E-state index is 3.10. The van der Waals surface area contributed by atoms with Gasteiger partial charge in [0.15, 0.2) is 0 Å². The molecule has 0 aromatic rings. The van der Waals surface area contributed by atoms with Crippen LogP contribution >= 0.6 is 0 Å². The van der Waals surface area contributed by atoms with Gasteiger partial charge in [-0.05, 0) is 19.4 Å². The summed E-state index contributed by atoms with van der Waals surface area (Å²) in [5, 5.41) is 3.10. The van der Waals surface area contributed by atoms with Crippen LogP contribution in [0.1, 0.15) is 34.1 Å². The van der Waals surface area contributed by atoms with Crippen LogP contribution in [0.4, 0.5) is 0 Å². The molecule has 0 radical (unpaired) electrons. The van der Waals surface area contributed by atoms with Crippen LogP contribution in [-0.4, -0.2) is 7.05 Å². The van der Waals surface area contributed by atoms with Crippen molar-refractivity contribution in [2.24, 2.45) is 0 Å². The molecule has 1 heteroatoms. The molecule has 0 aromatic carbocycles. The molecule has 1 nitrogen and oxygen atoms in total. The van der Waals surface area contributed by atoms with Gasteiger partial charge in [0.2, 0.25) is 0 Å². The van der Waals surface area contributed by atoms with Gasteiger partial charge in [-0.3, -0.25) is 0 Å². The van der Waals surface area contributed by atoms with Crippen molar-refractivity contribution in [1.82, 2.24) is 5.32 Å². The van der Waals surface area contributed by atoms with E-state index in [-0.39, 0.29) is 0 Å². The Balaban J connectivity index is 0. The maximum absolute atomic E-state index is 3.10. The lowest BCUT2D eigenvalue weighted by Crippen LogP contribution is -2.03. The molecule has 0 amide bonds. The van der Waals surface area contributed by atoms with E-state index in [2.05, 4.69) is 18.3 Å². The summed E-state index contributed by atoms with van der Waals surface area (Å²) < 4.78 is 0. The zero-order valence-corrected chi connectivity index (χ0v) is 8.44. The van der Waals surface area contributed by atoms with Gasteiger partial charge in [-0.25, -0.2) is 0 Å². The van der Waals surface area contributed by atoms with E-state index in [0.29, 0.717) is 0 Å². The van der Waals surface area contributed by atoms with E-state index < -0.39 is 0 Å². The molecule has 0 atom stereocenters. The molecule has 66 valence electrons. The summed E-state index contributed by atoms with van der Waals surface area (Å²) in [6.07, 6.45) is 7.21. The molecule has 0 heterocycles. The SMILES string of the molecule is C/C=C\C=C(\CC)NC.CC. The highest BCUT2D eigenvalue weighted by Crippen LogP contribution is 1.93. The van der Waals surface area contributed by atoms with Crippen LogP contribution < -0.4 is 5.32 Å². The summed E-state index contributed by atoms with van der Waals surface area (Å²) in [4.78, 5) is 0. The average molecular weight is 155 g/mol. The summed E-state index contributed by atoms with van der Waals surface area (Å²) in [5.41, 5.74) is 1.27. The Morgan fingerprint density at radius 3 is 2.18 bits per heavy atom. The summed E-state index contributed by atoms with van der Waals surface area (Å²) in [7, 11) is 1.94. The van der Waals surface area contributed by atoms with E-state index in [1.807, 2.05) is 40.0 Å². The van der Waals surface area contributed by atoms with Crippen LogP contribution in [0.3, 0.4) is 0 Å². The predicted molar refractivity (Wildman–Crippen MR) is 53.6 cm³/mol. The van der Waals surface area contributed by atoms with Crippen LogP contribution in [0.5, 0.6) is 0 Å². The van der Waals surface area contributed by atoms with Crippen LogP contribution in [0.2, 0.25) is 0 Å². The molecule has 0 saturated heterocycles. The molecule has 0 rings (SSSR count). The lowest BCUT2D eigenvalue weighted by molar-refractivity contribution is 0.901. The van der Waals surface area contributed by atoms with Gasteiger partial charge >= 0.3 is 0 Å². The van der Waals surface area contributed by atoms with Gasteiger partial charge in [0.05, 0.1) is 0 Å². The molecule has 1 N–H and O–H groups in total. The monoisotopic (exact) mass is 155 g/mol. The van der Waals surface area contributed by atoms with E-state index in [9.17, 15) is 0 Å². The zero-order chi connectivity index (χ0) is 9.11. The Morgan fingerprint density at radius 2 is 1.91 bits per heavy atom. The molecule has 0 spiro atoms. The summed E-state index contributed by atoms with van der Waals surface area (Å²) >= 11 is 0. The third-order valence-corrected chi connectivity index (χ3v) is 1.19. The highest BCUT2D eigenvalue weighted by Gasteiger charge is 1.81. The van der Waals surface area contributed by atoms with Gasteiger partial charge in [-0.1, -0.05) is 32.9 Å². The number of hydrogen-bond acceptors (Lipinski definition) is 1. The molecule has 0 unspecified atom stereocenters. The minimum absolute atomic E-state index is 1.07. The molecule has 0 aromatic heterocycles. The van der Waals surface area contributed by atoms with Gasteiger partial charge in [0.25, 0.3) is 0 Å². The maximum Gasteiger partial charge on any atom is 0.0101 e. The van der Waals surface area contributed by atoms with Crippen molar-refractivity contribution in [3.05, 3.63) is 23.9 Å². The smallest absolute Gasteiger partial charge is 0.0101 e. The van der Waals surface area contributed by atoms with Crippen molar-refractivity contribution in [3.8, 4) is 0 Å². The summed E-state index contributed by atoms with van der Waals surface area (Å²) in [6.45, 7) is 8.14. The standard InChI is InChI=1S/C8H15N.C2H6/c1-4-6-7-8(5-2)9-3;1-2/h4,6-7,9H,5H2,1-3H3;1-2H3/b6-4-,8-7-;. The molecule has 0 aliphatic carbocycles. The lowest BCUT2D eigenvalue weighted by atomic mass is 10.3. The zero-order valence-electron chi connectivity index (χ0n) is 8.44. The Morgan fingerprint density at radius 1 is 1.36 bits per heavy atom. The minimum atomic E-state index is 1.07. The normalized spacial score (nSPS) is 10.8. The topological polar surface area (TPSA) is 12.0 Å². The third-order valence-electron chi connectivity index (χ3n) is 1.19. The van der Waals surface area contributed by atoms with Gasteiger partial charge in [0, 0.05) is 12.7 Å². The van der Waals surface area contributed by atoms with E-state index in [4.69, 9.17) is 0 Å². The fourth-order valence-electron chi connectivity index (χ4n) is 0.590. The average Bonchev–Trinajstić information content (AvgIpc) is 2.10. The predicted octanol–water partition coefficient (Wildman–Crippen LogP) is 3.10. The highest BCUT2D eigenvalue weighted by atomic mass is 14.8. The quantitative estimate of drug-likeness (QED) is 0.617. The number of nitrogens with one attached hydrogen (secondary N) is 1. The largest absolute Gasteiger partial charge is 0.391 e. The van der Waals surface area contributed by atoms with Crippen molar-refractivity contribution >= 4 is 0 Å². The first-order chi connectivity index (χ1) is 5.35. The van der Waals surface area contributed by atoms with Gasteiger partial charge in [0.1, 0.15) is 0 Å². The number of hydrogen-bond donors (Lipinski definition) is 1. The first kappa shape index (κ1) is 12.9. The van der Waals surface area contributed by atoms with Crippen LogP contribution in [0.15, 0.2) is 23.9 Å².